The van der Waals surface area contributed by atoms with E-state index in [1.165, 1.54) is 0 Å². The van der Waals surface area contributed by atoms with Gasteiger partial charge in [0.15, 0.2) is 0 Å². The lowest BCUT2D eigenvalue weighted by Crippen LogP contribution is -2.31. The summed E-state index contributed by atoms with van der Waals surface area (Å²) in [6.07, 6.45) is 0. The molecule has 3 aromatic rings. The van der Waals surface area contributed by atoms with Gasteiger partial charge in [-0.1, -0.05) is 48.0 Å². The molecule has 27 heavy (non-hydrogen) atoms. The molecular weight excluding hydrogens is 360 g/mol. The van der Waals surface area contributed by atoms with Crippen LogP contribution in [0.3, 0.4) is 0 Å². The number of benzene rings is 2. The van der Waals surface area contributed by atoms with E-state index < -0.39 is 0 Å². The number of anilines is 2. The van der Waals surface area contributed by atoms with E-state index in [0.29, 0.717) is 35.4 Å². The van der Waals surface area contributed by atoms with Crippen molar-refractivity contribution in [2.45, 2.75) is 20.4 Å². The van der Waals surface area contributed by atoms with Crippen molar-refractivity contribution in [2.75, 3.05) is 11.9 Å². The van der Waals surface area contributed by atoms with Gasteiger partial charge in [-0.2, -0.15) is 0 Å². The summed E-state index contributed by atoms with van der Waals surface area (Å²) in [5, 5.41) is 3.72. The van der Waals surface area contributed by atoms with Gasteiger partial charge in [-0.15, -0.1) is 0 Å². The zero-order chi connectivity index (χ0) is 19.2. The van der Waals surface area contributed by atoms with E-state index in [2.05, 4.69) is 15.3 Å². The van der Waals surface area contributed by atoms with Crippen molar-refractivity contribution in [2.24, 2.45) is 0 Å². The molecule has 0 bridgehead atoms. The molecule has 3 rings (SSSR count). The fraction of sp³-hybridized carbons (Fsp3) is 0.190. The molecular formula is C21H21ClN4O. The number of hydrogen-bond donors (Lipinski definition) is 1. The van der Waals surface area contributed by atoms with Gasteiger partial charge < -0.3 is 10.2 Å². The Morgan fingerprint density at radius 2 is 1.85 bits per heavy atom. The highest BCUT2D eigenvalue weighted by Gasteiger charge is 2.17. The van der Waals surface area contributed by atoms with E-state index in [0.717, 1.165) is 11.3 Å². The predicted molar refractivity (Wildman–Crippen MR) is 108 cm³/mol. The standard InChI is InChI=1S/C21H21ClN4O/c1-3-26(14-16-8-5-4-6-9-16)20(27)19-12-15(2)23-21(25-19)24-18-11-7-10-17(22)13-18/h4-13H,3,14H2,1-2H3,(H,23,24,25). The van der Waals surface area contributed by atoms with Crippen LogP contribution in [0.4, 0.5) is 11.6 Å². The van der Waals surface area contributed by atoms with Crippen LogP contribution in [0.2, 0.25) is 5.02 Å². The fourth-order valence-corrected chi connectivity index (χ4v) is 2.91. The second kappa shape index (κ2) is 8.64. The van der Waals surface area contributed by atoms with E-state index in [9.17, 15) is 4.79 Å². The number of aryl methyl sites for hydroxylation is 1. The first-order valence-corrected chi connectivity index (χ1v) is 9.14. The van der Waals surface area contributed by atoms with Crippen molar-refractivity contribution < 1.29 is 4.79 Å². The third kappa shape index (κ3) is 5.05. The molecule has 1 N–H and O–H groups in total. The molecule has 0 unspecified atom stereocenters. The van der Waals surface area contributed by atoms with Crippen molar-refractivity contribution in [1.29, 1.82) is 0 Å². The van der Waals surface area contributed by atoms with Crippen molar-refractivity contribution in [3.8, 4) is 0 Å². The lowest BCUT2D eigenvalue weighted by Gasteiger charge is -2.21. The molecule has 5 nitrogen and oxygen atoms in total. The maximum atomic E-state index is 13.0. The Morgan fingerprint density at radius 3 is 2.56 bits per heavy atom. The predicted octanol–water partition coefficient (Wildman–Crippen LogP) is 4.84. The number of carbonyl (C=O) groups is 1. The van der Waals surface area contributed by atoms with Crippen LogP contribution in [0, 0.1) is 6.92 Å². The van der Waals surface area contributed by atoms with Gasteiger partial charge in [0, 0.05) is 29.5 Å². The lowest BCUT2D eigenvalue weighted by atomic mass is 10.2. The van der Waals surface area contributed by atoms with E-state index in [4.69, 9.17) is 11.6 Å². The molecule has 0 radical (unpaired) electrons. The smallest absolute Gasteiger partial charge is 0.272 e. The maximum Gasteiger partial charge on any atom is 0.272 e. The highest BCUT2D eigenvalue weighted by Crippen LogP contribution is 2.19. The molecule has 138 valence electrons. The first-order chi connectivity index (χ1) is 13.0. The summed E-state index contributed by atoms with van der Waals surface area (Å²) in [6.45, 7) is 4.93. The van der Waals surface area contributed by atoms with Crippen molar-refractivity contribution >= 4 is 29.1 Å². The number of amides is 1. The SMILES string of the molecule is CCN(Cc1ccccc1)C(=O)c1cc(C)nc(Nc2cccc(Cl)c2)n1. The third-order valence-electron chi connectivity index (χ3n) is 4.04. The summed E-state index contributed by atoms with van der Waals surface area (Å²) in [6, 6.07) is 18.9. The van der Waals surface area contributed by atoms with Crippen LogP contribution >= 0.6 is 11.6 Å². The second-order valence-electron chi connectivity index (χ2n) is 6.16. The topological polar surface area (TPSA) is 58.1 Å². The minimum absolute atomic E-state index is 0.124. The minimum Gasteiger partial charge on any atom is -0.333 e. The molecule has 0 saturated carbocycles. The van der Waals surface area contributed by atoms with Crippen molar-refractivity contribution in [1.82, 2.24) is 14.9 Å². The lowest BCUT2D eigenvalue weighted by molar-refractivity contribution is 0.0746. The van der Waals surface area contributed by atoms with E-state index in [-0.39, 0.29) is 5.91 Å². The minimum atomic E-state index is -0.124. The molecule has 0 aliphatic heterocycles. The average molecular weight is 381 g/mol. The Labute approximate surface area is 164 Å². The number of rotatable bonds is 6. The van der Waals surface area contributed by atoms with Crippen LogP contribution in [-0.4, -0.2) is 27.3 Å². The number of carbonyl (C=O) groups excluding carboxylic acids is 1. The van der Waals surface area contributed by atoms with Crippen LogP contribution in [0.15, 0.2) is 60.7 Å². The summed E-state index contributed by atoms with van der Waals surface area (Å²) < 4.78 is 0. The largest absolute Gasteiger partial charge is 0.333 e. The summed E-state index contributed by atoms with van der Waals surface area (Å²) >= 11 is 6.02. The van der Waals surface area contributed by atoms with Crippen LogP contribution < -0.4 is 5.32 Å². The molecule has 0 spiro atoms. The number of aromatic nitrogens is 2. The van der Waals surface area contributed by atoms with E-state index in [1.54, 1.807) is 23.1 Å². The second-order valence-corrected chi connectivity index (χ2v) is 6.59. The monoisotopic (exact) mass is 380 g/mol. The molecule has 1 heterocycles. The molecule has 0 fully saturated rings. The van der Waals surface area contributed by atoms with Gasteiger partial charge in [-0.3, -0.25) is 4.79 Å². The van der Waals surface area contributed by atoms with Gasteiger partial charge in [-0.05, 0) is 43.7 Å². The average Bonchev–Trinajstić information content (AvgIpc) is 2.66. The first kappa shape index (κ1) is 18.9. The molecule has 6 heteroatoms. The quantitative estimate of drug-likeness (QED) is 0.664. The number of nitrogens with zero attached hydrogens (tertiary/aromatic N) is 3. The molecule has 0 aliphatic carbocycles. The summed E-state index contributed by atoms with van der Waals surface area (Å²) in [5.74, 6) is 0.248. The fourth-order valence-electron chi connectivity index (χ4n) is 2.72. The Balaban J connectivity index is 1.82. The number of halogens is 1. The third-order valence-corrected chi connectivity index (χ3v) is 4.27. The van der Waals surface area contributed by atoms with Gasteiger partial charge in [0.1, 0.15) is 5.69 Å². The molecule has 0 atom stereocenters. The Bertz CT molecular complexity index is 930. The highest BCUT2D eigenvalue weighted by molar-refractivity contribution is 6.30. The van der Waals surface area contributed by atoms with Gasteiger partial charge in [0.05, 0.1) is 0 Å². The zero-order valence-electron chi connectivity index (χ0n) is 15.3. The Kier molecular flexibility index (Phi) is 6.04. The van der Waals surface area contributed by atoms with Crippen LogP contribution in [-0.2, 0) is 6.54 Å². The molecule has 2 aromatic carbocycles. The summed E-state index contributed by atoms with van der Waals surface area (Å²) in [5.41, 5.74) is 2.93. The summed E-state index contributed by atoms with van der Waals surface area (Å²) in [7, 11) is 0. The molecule has 0 aliphatic rings. The molecule has 0 saturated heterocycles. The number of hydrogen-bond acceptors (Lipinski definition) is 4. The van der Waals surface area contributed by atoms with Crippen LogP contribution in [0.5, 0.6) is 0 Å². The van der Waals surface area contributed by atoms with Gasteiger partial charge in [0.2, 0.25) is 5.95 Å². The van der Waals surface area contributed by atoms with E-state index in [1.807, 2.05) is 56.3 Å². The molecule has 1 aromatic heterocycles. The van der Waals surface area contributed by atoms with Gasteiger partial charge in [0.25, 0.3) is 5.91 Å². The van der Waals surface area contributed by atoms with Crippen LogP contribution in [0.1, 0.15) is 28.7 Å². The normalized spacial score (nSPS) is 10.5. The van der Waals surface area contributed by atoms with E-state index >= 15 is 0 Å². The first-order valence-electron chi connectivity index (χ1n) is 8.76. The summed E-state index contributed by atoms with van der Waals surface area (Å²) in [4.78, 5) is 23.5. The highest BCUT2D eigenvalue weighted by atomic mass is 35.5. The van der Waals surface area contributed by atoms with Crippen LogP contribution in [0.25, 0.3) is 0 Å². The molecule has 1 amide bonds. The van der Waals surface area contributed by atoms with Crippen molar-refractivity contribution in [3.63, 3.8) is 0 Å². The van der Waals surface area contributed by atoms with Gasteiger partial charge >= 0.3 is 0 Å². The van der Waals surface area contributed by atoms with Gasteiger partial charge in [-0.25, -0.2) is 9.97 Å². The Hall–Kier alpha value is -2.92. The Morgan fingerprint density at radius 1 is 1.07 bits per heavy atom. The maximum absolute atomic E-state index is 13.0. The number of nitrogens with one attached hydrogen (secondary N) is 1. The zero-order valence-corrected chi connectivity index (χ0v) is 16.1. The van der Waals surface area contributed by atoms with Crippen molar-refractivity contribution in [3.05, 3.63) is 82.6 Å².